The van der Waals surface area contributed by atoms with E-state index in [9.17, 15) is 0 Å². The van der Waals surface area contributed by atoms with Crippen LogP contribution in [0.5, 0.6) is 0 Å². The molecule has 2 nitrogen and oxygen atoms in total. The first-order valence-corrected chi connectivity index (χ1v) is 3.33. The molecule has 0 heterocycles. The Balaban J connectivity index is 0.00000121. The number of rotatable bonds is 2. The summed E-state index contributed by atoms with van der Waals surface area (Å²) < 4.78 is 0. The van der Waals surface area contributed by atoms with E-state index in [0.29, 0.717) is 5.46 Å². The van der Waals surface area contributed by atoms with E-state index < -0.39 is 7.12 Å². The van der Waals surface area contributed by atoms with Gasteiger partial charge in [0.15, 0.2) is 0 Å². The Labute approximate surface area is 94.4 Å². The molecule has 0 aliphatic rings. The Hall–Kier alpha value is -0.0551. The zero-order valence-corrected chi connectivity index (χ0v) is 6.07. The van der Waals surface area contributed by atoms with Crippen LogP contribution in [0.3, 0.4) is 0 Å². The van der Waals surface area contributed by atoms with E-state index in [0.717, 1.165) is 5.56 Å². The van der Waals surface area contributed by atoms with Crippen molar-refractivity contribution in [1.29, 1.82) is 0 Å². The Bertz CT molecular complexity index is 263. The molecule has 1 rings (SSSR count). The van der Waals surface area contributed by atoms with Crippen LogP contribution in [-0.4, -0.2) is 46.7 Å². The van der Waals surface area contributed by atoms with Gasteiger partial charge in [-0.25, -0.2) is 0 Å². The molecule has 0 spiro atoms. The van der Waals surface area contributed by atoms with E-state index in [-0.39, 0.29) is 29.6 Å². The average molecular weight is 172 g/mol. The van der Waals surface area contributed by atoms with Crippen molar-refractivity contribution in [3.63, 3.8) is 0 Å². The molecule has 58 valence electrons. The molecule has 0 aliphatic heterocycles. The molecule has 0 fully saturated rings. The van der Waals surface area contributed by atoms with Gasteiger partial charge in [-0.05, 0) is 11.0 Å². The summed E-state index contributed by atoms with van der Waals surface area (Å²) in [6, 6.07) is 7.01. The molecule has 0 radical (unpaired) electrons. The van der Waals surface area contributed by atoms with Gasteiger partial charge in [0.25, 0.3) is 0 Å². The first kappa shape index (κ1) is 11.9. The third-order valence-corrected chi connectivity index (χ3v) is 1.49. The summed E-state index contributed by atoms with van der Waals surface area (Å²) >= 11 is 0. The second-order valence-corrected chi connectivity index (χ2v) is 2.21. The summed E-state index contributed by atoms with van der Waals surface area (Å²) in [6.07, 6.45) is 1.59. The quantitative estimate of drug-likeness (QED) is 0.582. The zero-order valence-electron chi connectivity index (χ0n) is 6.07. The fraction of sp³-hybridized carbons (Fsp3) is 0. The van der Waals surface area contributed by atoms with Gasteiger partial charge in [0.1, 0.15) is 0 Å². The van der Waals surface area contributed by atoms with Gasteiger partial charge < -0.3 is 10.0 Å². The Morgan fingerprint density at radius 3 is 2.25 bits per heavy atom. The summed E-state index contributed by atoms with van der Waals surface area (Å²) in [5.41, 5.74) is 1.24. The SMILES string of the molecule is C=Cc1ccccc1B(O)O.[NaH]. The van der Waals surface area contributed by atoms with Crippen molar-refractivity contribution in [1.82, 2.24) is 0 Å². The van der Waals surface area contributed by atoms with Gasteiger partial charge in [-0.3, -0.25) is 0 Å². The van der Waals surface area contributed by atoms with Crippen molar-refractivity contribution in [3.8, 4) is 0 Å². The van der Waals surface area contributed by atoms with Crippen molar-refractivity contribution in [3.05, 3.63) is 36.4 Å². The van der Waals surface area contributed by atoms with Crippen LogP contribution in [-0.2, 0) is 0 Å². The van der Waals surface area contributed by atoms with Crippen molar-refractivity contribution in [2.45, 2.75) is 0 Å². The standard InChI is InChI=1S/C8H9BO2.Na.H/c1-2-7-5-3-4-6-8(7)9(10)11;;/h2-6,10-11H,1H2;;. The maximum absolute atomic E-state index is 8.84. The van der Waals surface area contributed by atoms with E-state index in [1.165, 1.54) is 0 Å². The Morgan fingerprint density at radius 1 is 1.25 bits per heavy atom. The van der Waals surface area contributed by atoms with E-state index in [1.54, 1.807) is 24.3 Å². The van der Waals surface area contributed by atoms with E-state index in [2.05, 4.69) is 6.58 Å². The molecular weight excluding hydrogens is 162 g/mol. The minimum absolute atomic E-state index is 0. The summed E-state index contributed by atoms with van der Waals surface area (Å²) in [4.78, 5) is 0. The predicted octanol–water partition coefficient (Wildman–Crippen LogP) is -0.639. The first-order valence-electron chi connectivity index (χ1n) is 3.33. The van der Waals surface area contributed by atoms with Gasteiger partial charge in [0.05, 0.1) is 0 Å². The fourth-order valence-corrected chi connectivity index (χ4v) is 0.932. The van der Waals surface area contributed by atoms with Gasteiger partial charge in [-0.15, -0.1) is 0 Å². The molecule has 0 aliphatic carbocycles. The van der Waals surface area contributed by atoms with Crippen LogP contribution in [0.4, 0.5) is 0 Å². The first-order chi connectivity index (χ1) is 5.25. The zero-order chi connectivity index (χ0) is 8.27. The molecule has 12 heavy (non-hydrogen) atoms. The monoisotopic (exact) mass is 172 g/mol. The average Bonchev–Trinajstić information content (AvgIpc) is 2.04. The van der Waals surface area contributed by atoms with Crippen LogP contribution in [0.25, 0.3) is 6.08 Å². The number of hydrogen-bond donors (Lipinski definition) is 2. The minimum atomic E-state index is -1.41. The molecule has 0 saturated carbocycles. The van der Waals surface area contributed by atoms with Gasteiger partial charge in [-0.1, -0.05) is 36.9 Å². The topological polar surface area (TPSA) is 40.5 Å². The van der Waals surface area contributed by atoms with Crippen LogP contribution in [0, 0.1) is 0 Å². The molecular formula is C8H10BNaO2. The van der Waals surface area contributed by atoms with Crippen molar-refractivity contribution in [2.24, 2.45) is 0 Å². The van der Waals surface area contributed by atoms with Crippen LogP contribution >= 0.6 is 0 Å². The molecule has 0 aromatic heterocycles. The second kappa shape index (κ2) is 5.57. The van der Waals surface area contributed by atoms with Gasteiger partial charge in [0, 0.05) is 0 Å². The van der Waals surface area contributed by atoms with E-state index in [1.807, 2.05) is 6.07 Å². The van der Waals surface area contributed by atoms with Crippen LogP contribution in [0.2, 0.25) is 0 Å². The summed E-state index contributed by atoms with van der Waals surface area (Å²) in [5.74, 6) is 0. The molecule has 4 heteroatoms. The third-order valence-electron chi connectivity index (χ3n) is 1.49. The summed E-state index contributed by atoms with van der Waals surface area (Å²) in [7, 11) is -1.41. The molecule has 1 aromatic carbocycles. The molecule has 0 amide bonds. The maximum atomic E-state index is 8.84. The fourth-order valence-electron chi connectivity index (χ4n) is 0.932. The van der Waals surface area contributed by atoms with Crippen LogP contribution in [0.15, 0.2) is 30.8 Å². The molecule has 1 aromatic rings. The Morgan fingerprint density at radius 2 is 1.83 bits per heavy atom. The second-order valence-electron chi connectivity index (χ2n) is 2.21. The molecule has 0 saturated heterocycles. The van der Waals surface area contributed by atoms with Gasteiger partial charge in [-0.2, -0.15) is 0 Å². The van der Waals surface area contributed by atoms with E-state index >= 15 is 0 Å². The Kier molecular flexibility index (Phi) is 5.54. The number of benzene rings is 1. The van der Waals surface area contributed by atoms with Crippen molar-refractivity contribution < 1.29 is 10.0 Å². The van der Waals surface area contributed by atoms with Crippen molar-refractivity contribution >= 4 is 48.2 Å². The van der Waals surface area contributed by atoms with E-state index in [4.69, 9.17) is 10.0 Å². The van der Waals surface area contributed by atoms with Gasteiger partial charge >= 0.3 is 36.7 Å². The van der Waals surface area contributed by atoms with Crippen molar-refractivity contribution in [2.75, 3.05) is 0 Å². The third kappa shape index (κ3) is 2.77. The summed E-state index contributed by atoms with van der Waals surface area (Å²) in [5, 5.41) is 17.7. The predicted molar refractivity (Wildman–Crippen MR) is 53.5 cm³/mol. The molecule has 0 atom stereocenters. The molecule has 2 N–H and O–H groups in total. The number of hydrogen-bond acceptors (Lipinski definition) is 2. The van der Waals surface area contributed by atoms with Gasteiger partial charge in [0.2, 0.25) is 0 Å². The van der Waals surface area contributed by atoms with Crippen LogP contribution in [0.1, 0.15) is 5.56 Å². The molecule has 0 unspecified atom stereocenters. The summed E-state index contributed by atoms with van der Waals surface area (Å²) in [6.45, 7) is 3.55. The normalized spacial score (nSPS) is 8.50. The van der Waals surface area contributed by atoms with Crippen LogP contribution < -0.4 is 5.46 Å². The molecule has 0 bridgehead atoms.